The van der Waals surface area contributed by atoms with Crippen molar-refractivity contribution in [1.29, 1.82) is 0 Å². The summed E-state index contributed by atoms with van der Waals surface area (Å²) < 4.78 is 31.8. The Bertz CT molecular complexity index is 1070. The van der Waals surface area contributed by atoms with Crippen molar-refractivity contribution in [3.8, 4) is 5.75 Å². The van der Waals surface area contributed by atoms with Gasteiger partial charge in [-0.05, 0) is 41.3 Å². The lowest BCUT2D eigenvalue weighted by Gasteiger charge is -2.18. The second-order valence-electron chi connectivity index (χ2n) is 5.14. The average molecular weight is 382 g/mol. The maximum atomic E-state index is 11.3. The van der Waals surface area contributed by atoms with Gasteiger partial charge in [-0.15, -0.1) is 0 Å². The summed E-state index contributed by atoms with van der Waals surface area (Å²) in [5, 5.41) is 10.7. The van der Waals surface area contributed by atoms with Crippen molar-refractivity contribution in [1.82, 2.24) is 15.0 Å². The molecule has 2 aromatic carbocycles. The SMILES string of the molecule is CN(c1ccc2c(O)cc(S(=O)(=O)O)cc2c1)c1nc(N)nc(Cl)n1. The van der Waals surface area contributed by atoms with Gasteiger partial charge in [-0.1, -0.05) is 0 Å². The Balaban J connectivity index is 2.14. The normalized spacial score (nSPS) is 11.6. The Morgan fingerprint density at radius 2 is 1.88 bits per heavy atom. The van der Waals surface area contributed by atoms with Crippen molar-refractivity contribution < 1.29 is 18.1 Å². The number of hydrogen-bond donors (Lipinski definition) is 3. The van der Waals surface area contributed by atoms with Gasteiger partial charge in [-0.3, -0.25) is 4.55 Å². The molecule has 0 unspecified atom stereocenters. The molecule has 0 radical (unpaired) electrons. The Morgan fingerprint density at radius 1 is 1.16 bits per heavy atom. The Labute approximate surface area is 147 Å². The second kappa shape index (κ2) is 5.99. The summed E-state index contributed by atoms with van der Waals surface area (Å²) in [7, 11) is -2.80. The molecule has 0 saturated carbocycles. The highest BCUT2D eigenvalue weighted by Gasteiger charge is 2.15. The largest absolute Gasteiger partial charge is 0.507 e. The zero-order valence-electron chi connectivity index (χ0n) is 12.8. The topological polar surface area (TPSA) is 143 Å². The van der Waals surface area contributed by atoms with Crippen LogP contribution in [0.2, 0.25) is 5.28 Å². The number of halogens is 1. The third-order valence-corrected chi connectivity index (χ3v) is 4.49. The number of aromatic nitrogens is 3. The summed E-state index contributed by atoms with van der Waals surface area (Å²) >= 11 is 5.77. The lowest BCUT2D eigenvalue weighted by molar-refractivity contribution is 0.471. The molecule has 130 valence electrons. The van der Waals surface area contributed by atoms with Gasteiger partial charge < -0.3 is 15.7 Å². The molecule has 25 heavy (non-hydrogen) atoms. The fraction of sp³-hybridized carbons (Fsp3) is 0.0714. The van der Waals surface area contributed by atoms with E-state index in [1.165, 1.54) is 6.07 Å². The number of rotatable bonds is 3. The van der Waals surface area contributed by atoms with Crippen molar-refractivity contribution in [2.45, 2.75) is 4.90 Å². The van der Waals surface area contributed by atoms with Gasteiger partial charge in [0.1, 0.15) is 5.75 Å². The monoisotopic (exact) mass is 381 g/mol. The summed E-state index contributed by atoms with van der Waals surface area (Å²) in [4.78, 5) is 12.8. The van der Waals surface area contributed by atoms with Gasteiger partial charge in [0.15, 0.2) is 0 Å². The molecule has 0 spiro atoms. The van der Waals surface area contributed by atoms with Crippen LogP contribution in [0.5, 0.6) is 5.75 Å². The van der Waals surface area contributed by atoms with E-state index in [2.05, 4.69) is 15.0 Å². The first-order valence-corrected chi connectivity index (χ1v) is 8.62. The van der Waals surface area contributed by atoms with Crippen LogP contribution in [0.25, 0.3) is 10.8 Å². The number of nitrogens with zero attached hydrogens (tertiary/aromatic N) is 4. The lowest BCUT2D eigenvalue weighted by Crippen LogP contribution is -2.14. The minimum absolute atomic E-state index is 0.0473. The van der Waals surface area contributed by atoms with Gasteiger partial charge in [0.05, 0.1) is 4.90 Å². The van der Waals surface area contributed by atoms with Gasteiger partial charge in [0.25, 0.3) is 10.1 Å². The second-order valence-corrected chi connectivity index (χ2v) is 6.90. The fourth-order valence-corrected chi connectivity index (χ4v) is 2.99. The van der Waals surface area contributed by atoms with Crippen LogP contribution in [0.3, 0.4) is 0 Å². The molecule has 0 aliphatic rings. The number of nitrogens with two attached hydrogens (primary N) is 1. The molecule has 11 heteroatoms. The summed E-state index contributed by atoms with van der Waals surface area (Å²) in [5.74, 6) is -0.132. The minimum Gasteiger partial charge on any atom is -0.507 e. The Hall–Kier alpha value is -2.69. The lowest BCUT2D eigenvalue weighted by atomic mass is 10.1. The van der Waals surface area contributed by atoms with E-state index in [1.807, 2.05) is 0 Å². The number of hydrogen-bond acceptors (Lipinski definition) is 8. The number of phenolic OH excluding ortho intramolecular Hbond substituents is 1. The summed E-state index contributed by atoms with van der Waals surface area (Å²) in [5.41, 5.74) is 6.12. The molecule has 0 amide bonds. The van der Waals surface area contributed by atoms with E-state index in [1.54, 1.807) is 30.1 Å². The van der Waals surface area contributed by atoms with Gasteiger partial charge in [-0.25, -0.2) is 0 Å². The van der Waals surface area contributed by atoms with E-state index in [0.717, 1.165) is 6.07 Å². The van der Waals surface area contributed by atoms with Crippen LogP contribution in [-0.2, 0) is 10.1 Å². The molecule has 1 heterocycles. The smallest absolute Gasteiger partial charge is 0.294 e. The van der Waals surface area contributed by atoms with E-state index < -0.39 is 15.0 Å². The Kier molecular flexibility index (Phi) is 4.11. The van der Waals surface area contributed by atoms with Gasteiger partial charge in [0.2, 0.25) is 17.2 Å². The molecule has 0 bridgehead atoms. The van der Waals surface area contributed by atoms with E-state index in [-0.39, 0.29) is 22.9 Å². The fourth-order valence-electron chi connectivity index (χ4n) is 2.29. The van der Waals surface area contributed by atoms with Gasteiger partial charge in [0, 0.05) is 24.2 Å². The highest BCUT2D eigenvalue weighted by molar-refractivity contribution is 7.85. The number of aromatic hydroxyl groups is 1. The van der Waals surface area contributed by atoms with Crippen LogP contribution < -0.4 is 10.6 Å². The standard InChI is InChI=1S/C14H12ClN5O4S/c1-20(14-18-12(15)17-13(16)19-14)8-2-3-10-7(4-8)5-9(6-11(10)21)25(22,23)24/h2-6,21H,1H3,(H,22,23,24)(H2,16,17,18,19). The van der Waals surface area contributed by atoms with Gasteiger partial charge >= 0.3 is 0 Å². The van der Waals surface area contributed by atoms with Crippen molar-refractivity contribution >= 4 is 50.1 Å². The van der Waals surface area contributed by atoms with Crippen LogP contribution in [0.4, 0.5) is 17.6 Å². The third kappa shape index (κ3) is 3.40. The van der Waals surface area contributed by atoms with E-state index in [4.69, 9.17) is 17.3 Å². The van der Waals surface area contributed by atoms with Crippen LogP contribution in [0.1, 0.15) is 0 Å². The van der Waals surface area contributed by atoms with E-state index >= 15 is 0 Å². The molecule has 1 aromatic heterocycles. The molecule has 0 atom stereocenters. The molecule has 0 saturated heterocycles. The first-order chi connectivity index (χ1) is 11.6. The van der Waals surface area contributed by atoms with Crippen molar-refractivity contribution in [3.05, 3.63) is 35.6 Å². The third-order valence-electron chi connectivity index (χ3n) is 3.49. The average Bonchev–Trinajstić information content (AvgIpc) is 2.51. The van der Waals surface area contributed by atoms with Crippen molar-refractivity contribution in [2.24, 2.45) is 0 Å². The molecule has 3 rings (SSSR count). The molecule has 0 aliphatic heterocycles. The van der Waals surface area contributed by atoms with Crippen molar-refractivity contribution in [3.63, 3.8) is 0 Å². The summed E-state index contributed by atoms with van der Waals surface area (Å²) in [6.07, 6.45) is 0. The summed E-state index contributed by atoms with van der Waals surface area (Å²) in [6, 6.07) is 7.08. The number of phenols is 1. The molecule has 0 aliphatic carbocycles. The zero-order chi connectivity index (χ0) is 18.4. The first kappa shape index (κ1) is 17.1. The molecular formula is C14H12ClN5O4S. The molecule has 9 nitrogen and oxygen atoms in total. The quantitative estimate of drug-likeness (QED) is 0.580. The highest BCUT2D eigenvalue weighted by atomic mass is 35.5. The predicted molar refractivity (Wildman–Crippen MR) is 92.7 cm³/mol. The van der Waals surface area contributed by atoms with Crippen LogP contribution in [0.15, 0.2) is 35.2 Å². The van der Waals surface area contributed by atoms with Crippen LogP contribution in [0, 0.1) is 0 Å². The van der Waals surface area contributed by atoms with E-state index in [0.29, 0.717) is 16.5 Å². The highest BCUT2D eigenvalue weighted by Crippen LogP contribution is 2.32. The zero-order valence-corrected chi connectivity index (χ0v) is 14.3. The first-order valence-electron chi connectivity index (χ1n) is 6.80. The predicted octanol–water partition coefficient (Wildman–Crippen LogP) is 1.98. The van der Waals surface area contributed by atoms with Crippen LogP contribution >= 0.6 is 11.6 Å². The molecular weight excluding hydrogens is 370 g/mol. The Morgan fingerprint density at radius 3 is 2.52 bits per heavy atom. The molecule has 3 aromatic rings. The van der Waals surface area contributed by atoms with Crippen molar-refractivity contribution in [2.75, 3.05) is 17.7 Å². The molecule has 4 N–H and O–H groups in total. The van der Waals surface area contributed by atoms with Crippen LogP contribution in [-0.4, -0.2) is 40.1 Å². The van der Waals surface area contributed by atoms with E-state index in [9.17, 15) is 18.1 Å². The minimum atomic E-state index is -4.45. The summed E-state index contributed by atoms with van der Waals surface area (Å²) in [6.45, 7) is 0. The number of fused-ring (bicyclic) bond motifs is 1. The number of nitrogen functional groups attached to an aromatic ring is 1. The maximum Gasteiger partial charge on any atom is 0.294 e. The van der Waals surface area contributed by atoms with Gasteiger partial charge in [-0.2, -0.15) is 23.4 Å². The number of anilines is 3. The number of benzene rings is 2. The maximum absolute atomic E-state index is 11.3. The molecule has 0 fully saturated rings.